The fourth-order valence-electron chi connectivity index (χ4n) is 3.10. The molecule has 0 aromatic heterocycles. The lowest BCUT2D eigenvalue weighted by Gasteiger charge is -2.23. The summed E-state index contributed by atoms with van der Waals surface area (Å²) in [5.41, 5.74) is 4.46. The van der Waals surface area contributed by atoms with Crippen LogP contribution in [0.2, 0.25) is 0 Å². The highest BCUT2D eigenvalue weighted by Crippen LogP contribution is 2.42. The molecule has 0 radical (unpaired) electrons. The fraction of sp³-hybridized carbons (Fsp3) is 0.333. The average Bonchev–Trinajstić information content (AvgIpc) is 3.50. The summed E-state index contributed by atoms with van der Waals surface area (Å²) in [6, 6.07) is 12.1. The Morgan fingerprint density at radius 3 is 2.40 bits per heavy atom. The molecule has 0 spiro atoms. The van der Waals surface area contributed by atoms with Crippen LogP contribution in [-0.2, 0) is 0 Å². The quantitative estimate of drug-likeness (QED) is 0.845. The Kier molecular flexibility index (Phi) is 4.26. The molecule has 1 saturated carbocycles. The molecule has 1 aliphatic heterocycles. The SMILES string of the molecule is COc1ccc(C2=Cc3c(OC)ccc(OCC4CC4)c3NC2)cc1. The van der Waals surface area contributed by atoms with Gasteiger partial charge in [0.05, 0.1) is 26.5 Å². The third-order valence-corrected chi connectivity index (χ3v) is 4.79. The van der Waals surface area contributed by atoms with Gasteiger partial charge in [0.15, 0.2) is 0 Å². The largest absolute Gasteiger partial charge is 0.497 e. The van der Waals surface area contributed by atoms with Crippen molar-refractivity contribution in [1.29, 1.82) is 0 Å². The maximum atomic E-state index is 6.04. The first-order valence-corrected chi connectivity index (χ1v) is 8.71. The van der Waals surface area contributed by atoms with Gasteiger partial charge in [-0.1, -0.05) is 12.1 Å². The summed E-state index contributed by atoms with van der Waals surface area (Å²) in [4.78, 5) is 0. The number of anilines is 1. The van der Waals surface area contributed by atoms with Gasteiger partial charge in [-0.05, 0) is 60.2 Å². The second kappa shape index (κ2) is 6.71. The van der Waals surface area contributed by atoms with Crippen molar-refractivity contribution in [2.45, 2.75) is 12.8 Å². The molecule has 0 saturated heterocycles. The number of fused-ring (bicyclic) bond motifs is 1. The molecule has 1 aliphatic carbocycles. The molecule has 1 N–H and O–H groups in total. The number of hydrogen-bond acceptors (Lipinski definition) is 4. The second-order valence-electron chi connectivity index (χ2n) is 6.56. The van der Waals surface area contributed by atoms with Crippen molar-refractivity contribution < 1.29 is 14.2 Å². The van der Waals surface area contributed by atoms with Crippen LogP contribution in [0.1, 0.15) is 24.0 Å². The Balaban J connectivity index is 1.67. The van der Waals surface area contributed by atoms with E-state index in [1.807, 2.05) is 24.3 Å². The van der Waals surface area contributed by atoms with E-state index >= 15 is 0 Å². The molecule has 4 nitrogen and oxygen atoms in total. The lowest BCUT2D eigenvalue weighted by Crippen LogP contribution is -2.13. The van der Waals surface area contributed by atoms with E-state index in [1.54, 1.807) is 14.2 Å². The van der Waals surface area contributed by atoms with Gasteiger partial charge in [0.25, 0.3) is 0 Å². The van der Waals surface area contributed by atoms with Crippen LogP contribution in [0.3, 0.4) is 0 Å². The second-order valence-corrected chi connectivity index (χ2v) is 6.56. The molecule has 25 heavy (non-hydrogen) atoms. The van der Waals surface area contributed by atoms with Gasteiger partial charge in [0.2, 0.25) is 0 Å². The van der Waals surface area contributed by atoms with Crippen molar-refractivity contribution in [1.82, 2.24) is 0 Å². The Bertz CT molecular complexity index is 792. The molecular formula is C21H23NO3. The first kappa shape index (κ1) is 15.9. The van der Waals surface area contributed by atoms with Gasteiger partial charge in [0, 0.05) is 12.1 Å². The van der Waals surface area contributed by atoms with E-state index in [-0.39, 0.29) is 0 Å². The van der Waals surface area contributed by atoms with E-state index in [4.69, 9.17) is 14.2 Å². The number of ether oxygens (including phenoxy) is 3. The topological polar surface area (TPSA) is 39.7 Å². The molecule has 0 amide bonds. The van der Waals surface area contributed by atoms with Gasteiger partial charge >= 0.3 is 0 Å². The average molecular weight is 337 g/mol. The number of rotatable bonds is 6. The Labute approximate surface area is 148 Å². The molecule has 130 valence electrons. The summed E-state index contributed by atoms with van der Waals surface area (Å²) in [7, 11) is 3.39. The third-order valence-electron chi connectivity index (χ3n) is 4.79. The molecular weight excluding hydrogens is 314 g/mol. The summed E-state index contributed by atoms with van der Waals surface area (Å²) in [5.74, 6) is 3.35. The van der Waals surface area contributed by atoms with E-state index in [2.05, 4.69) is 23.5 Å². The number of methoxy groups -OCH3 is 2. The summed E-state index contributed by atoms with van der Waals surface area (Å²) in [5, 5.41) is 3.52. The highest BCUT2D eigenvalue weighted by atomic mass is 16.5. The number of nitrogens with one attached hydrogen (secondary N) is 1. The maximum absolute atomic E-state index is 6.04. The van der Waals surface area contributed by atoms with Crippen molar-refractivity contribution in [3.8, 4) is 17.2 Å². The van der Waals surface area contributed by atoms with Gasteiger partial charge in [-0.15, -0.1) is 0 Å². The van der Waals surface area contributed by atoms with E-state index in [0.717, 1.165) is 47.6 Å². The standard InChI is InChI=1S/C21H23NO3/c1-23-17-7-5-15(6-8-17)16-11-18-19(24-2)9-10-20(21(18)22-12-16)25-13-14-3-4-14/h5-11,14,22H,3-4,12-13H2,1-2H3. The van der Waals surface area contributed by atoms with E-state index < -0.39 is 0 Å². The highest BCUT2D eigenvalue weighted by Gasteiger charge is 2.24. The van der Waals surface area contributed by atoms with Gasteiger partial charge in [-0.3, -0.25) is 0 Å². The molecule has 1 heterocycles. The highest BCUT2D eigenvalue weighted by molar-refractivity contribution is 5.94. The minimum atomic E-state index is 0.728. The van der Waals surface area contributed by atoms with Gasteiger partial charge in [-0.25, -0.2) is 0 Å². The summed E-state index contributed by atoms with van der Waals surface area (Å²) in [6.07, 6.45) is 4.76. The predicted octanol–water partition coefficient (Wildman–Crippen LogP) is 4.46. The van der Waals surface area contributed by atoms with Crippen molar-refractivity contribution >= 4 is 17.3 Å². The molecule has 1 fully saturated rings. The summed E-state index contributed by atoms with van der Waals surface area (Å²) in [6.45, 7) is 1.56. The molecule has 0 unspecified atom stereocenters. The monoisotopic (exact) mass is 337 g/mol. The zero-order chi connectivity index (χ0) is 17.2. The van der Waals surface area contributed by atoms with Crippen molar-refractivity contribution in [2.75, 3.05) is 32.7 Å². The molecule has 4 rings (SSSR count). The first-order valence-electron chi connectivity index (χ1n) is 8.71. The minimum Gasteiger partial charge on any atom is -0.497 e. The van der Waals surface area contributed by atoms with Crippen LogP contribution < -0.4 is 19.5 Å². The molecule has 2 aromatic carbocycles. The first-order chi connectivity index (χ1) is 12.3. The van der Waals surface area contributed by atoms with Gasteiger partial charge in [-0.2, -0.15) is 0 Å². The van der Waals surface area contributed by atoms with Crippen LogP contribution >= 0.6 is 0 Å². The van der Waals surface area contributed by atoms with Crippen LogP contribution in [0.25, 0.3) is 11.6 Å². The summed E-state index contributed by atoms with van der Waals surface area (Å²) < 4.78 is 16.8. The van der Waals surface area contributed by atoms with Crippen LogP contribution in [0.4, 0.5) is 5.69 Å². The van der Waals surface area contributed by atoms with Crippen LogP contribution in [0.5, 0.6) is 17.2 Å². The third kappa shape index (κ3) is 3.29. The lowest BCUT2D eigenvalue weighted by molar-refractivity contribution is 0.300. The minimum absolute atomic E-state index is 0.728. The zero-order valence-corrected chi connectivity index (χ0v) is 14.7. The molecule has 2 aliphatic rings. The molecule has 2 aromatic rings. The molecule has 0 atom stereocenters. The van der Waals surface area contributed by atoms with Crippen LogP contribution in [-0.4, -0.2) is 27.4 Å². The van der Waals surface area contributed by atoms with Crippen LogP contribution in [0.15, 0.2) is 36.4 Å². The molecule has 0 bridgehead atoms. The predicted molar refractivity (Wildman–Crippen MR) is 101 cm³/mol. The van der Waals surface area contributed by atoms with Gasteiger partial charge in [0.1, 0.15) is 17.2 Å². The van der Waals surface area contributed by atoms with E-state index in [9.17, 15) is 0 Å². The van der Waals surface area contributed by atoms with E-state index in [1.165, 1.54) is 24.0 Å². The normalized spacial score (nSPS) is 15.7. The van der Waals surface area contributed by atoms with Crippen molar-refractivity contribution in [3.05, 3.63) is 47.5 Å². The van der Waals surface area contributed by atoms with Crippen molar-refractivity contribution in [3.63, 3.8) is 0 Å². The van der Waals surface area contributed by atoms with Gasteiger partial charge < -0.3 is 19.5 Å². The molecule has 4 heteroatoms. The Morgan fingerprint density at radius 2 is 1.72 bits per heavy atom. The fourth-order valence-corrected chi connectivity index (χ4v) is 3.10. The Morgan fingerprint density at radius 1 is 0.960 bits per heavy atom. The van der Waals surface area contributed by atoms with Crippen molar-refractivity contribution in [2.24, 2.45) is 5.92 Å². The zero-order valence-electron chi connectivity index (χ0n) is 14.7. The van der Waals surface area contributed by atoms with E-state index in [0.29, 0.717) is 0 Å². The smallest absolute Gasteiger partial charge is 0.143 e. The lowest BCUT2D eigenvalue weighted by atomic mass is 9.97. The number of benzene rings is 2. The number of hydrogen-bond donors (Lipinski definition) is 1. The maximum Gasteiger partial charge on any atom is 0.143 e. The summed E-state index contributed by atoms with van der Waals surface area (Å²) >= 11 is 0. The Hall–Kier alpha value is -2.62. The van der Waals surface area contributed by atoms with Crippen LogP contribution in [0, 0.1) is 5.92 Å².